The molecule has 6 heteroatoms. The fourth-order valence-corrected chi connectivity index (χ4v) is 2.31. The number of carboxylic acid groups (broad SMARTS) is 1. The molecule has 0 aliphatic carbocycles. The van der Waals surface area contributed by atoms with Gasteiger partial charge in [-0.2, -0.15) is 0 Å². The standard InChI is InChI=1S/C17H12O6/c1-22-11-4-2-9(3-5-11)12-6-10-7-13(16(19)20)17(21)23-15(10)8-14(12)18/h2-8,18H,1H3,(H,19,20). The van der Waals surface area contributed by atoms with E-state index in [1.807, 2.05) is 0 Å². The van der Waals surface area contributed by atoms with E-state index in [2.05, 4.69) is 0 Å². The third-order valence-electron chi connectivity index (χ3n) is 3.48. The number of carbonyl (C=O) groups is 1. The van der Waals surface area contributed by atoms with Crippen molar-refractivity contribution in [3.8, 4) is 22.6 Å². The van der Waals surface area contributed by atoms with Gasteiger partial charge in [-0.15, -0.1) is 0 Å². The van der Waals surface area contributed by atoms with E-state index in [0.29, 0.717) is 22.3 Å². The highest BCUT2D eigenvalue weighted by molar-refractivity contribution is 5.93. The minimum Gasteiger partial charge on any atom is -0.507 e. The molecule has 0 aliphatic heterocycles. The molecule has 0 aliphatic rings. The van der Waals surface area contributed by atoms with Gasteiger partial charge in [0.05, 0.1) is 7.11 Å². The summed E-state index contributed by atoms with van der Waals surface area (Å²) < 4.78 is 10.0. The van der Waals surface area contributed by atoms with Gasteiger partial charge in [0.15, 0.2) is 0 Å². The fourth-order valence-electron chi connectivity index (χ4n) is 2.31. The van der Waals surface area contributed by atoms with E-state index < -0.39 is 17.2 Å². The van der Waals surface area contributed by atoms with E-state index in [4.69, 9.17) is 14.3 Å². The number of benzene rings is 2. The van der Waals surface area contributed by atoms with Gasteiger partial charge in [0, 0.05) is 17.0 Å². The van der Waals surface area contributed by atoms with E-state index >= 15 is 0 Å². The number of hydrogen-bond acceptors (Lipinski definition) is 5. The number of phenolic OH excluding ortho intramolecular Hbond substituents is 1. The van der Waals surface area contributed by atoms with Crippen LogP contribution in [0, 0.1) is 0 Å². The fraction of sp³-hybridized carbons (Fsp3) is 0.0588. The quantitative estimate of drug-likeness (QED) is 0.722. The number of aromatic hydroxyl groups is 1. The minimum atomic E-state index is -1.36. The van der Waals surface area contributed by atoms with Gasteiger partial charge in [-0.05, 0) is 29.8 Å². The van der Waals surface area contributed by atoms with Crippen LogP contribution in [-0.2, 0) is 0 Å². The van der Waals surface area contributed by atoms with Crippen LogP contribution in [-0.4, -0.2) is 23.3 Å². The Morgan fingerprint density at radius 3 is 2.43 bits per heavy atom. The van der Waals surface area contributed by atoms with Gasteiger partial charge < -0.3 is 19.4 Å². The molecule has 6 nitrogen and oxygen atoms in total. The summed E-state index contributed by atoms with van der Waals surface area (Å²) >= 11 is 0. The zero-order valence-corrected chi connectivity index (χ0v) is 12.1. The number of fused-ring (bicyclic) bond motifs is 1. The Kier molecular flexibility index (Phi) is 3.50. The summed E-state index contributed by atoms with van der Waals surface area (Å²) in [5.41, 5.74) is -0.0844. The molecule has 0 unspecified atom stereocenters. The number of ether oxygens (including phenoxy) is 1. The van der Waals surface area contributed by atoms with E-state index in [1.54, 1.807) is 37.4 Å². The zero-order valence-electron chi connectivity index (χ0n) is 12.1. The molecule has 0 bridgehead atoms. The normalized spacial score (nSPS) is 10.7. The first-order valence-corrected chi connectivity index (χ1v) is 6.68. The molecule has 1 aromatic heterocycles. The Hall–Kier alpha value is -3.28. The molecule has 23 heavy (non-hydrogen) atoms. The highest BCUT2D eigenvalue weighted by atomic mass is 16.5. The van der Waals surface area contributed by atoms with Crippen molar-refractivity contribution in [2.24, 2.45) is 0 Å². The Labute approximate surface area is 130 Å². The molecule has 0 amide bonds. The molecule has 0 saturated carbocycles. The third-order valence-corrected chi connectivity index (χ3v) is 3.48. The number of aromatic carboxylic acids is 1. The molecular formula is C17H12O6. The van der Waals surface area contributed by atoms with Crippen LogP contribution in [0.4, 0.5) is 0 Å². The summed E-state index contributed by atoms with van der Waals surface area (Å²) in [5, 5.41) is 19.6. The predicted octanol–water partition coefficient (Wildman–Crippen LogP) is 2.87. The Morgan fingerprint density at radius 1 is 1.13 bits per heavy atom. The lowest BCUT2D eigenvalue weighted by Gasteiger charge is -2.08. The SMILES string of the molecule is COc1ccc(-c2cc3cc(C(=O)O)c(=O)oc3cc2O)cc1. The number of phenols is 1. The van der Waals surface area contributed by atoms with Gasteiger partial charge in [-0.3, -0.25) is 0 Å². The van der Waals surface area contributed by atoms with Gasteiger partial charge in [0.25, 0.3) is 0 Å². The summed E-state index contributed by atoms with van der Waals surface area (Å²) in [7, 11) is 1.55. The maximum atomic E-state index is 11.6. The summed E-state index contributed by atoms with van der Waals surface area (Å²) in [4.78, 5) is 22.6. The lowest BCUT2D eigenvalue weighted by atomic mass is 10.0. The number of methoxy groups -OCH3 is 1. The zero-order chi connectivity index (χ0) is 16.6. The van der Waals surface area contributed by atoms with Crippen LogP contribution in [0.15, 0.2) is 51.7 Å². The van der Waals surface area contributed by atoms with Crippen molar-refractivity contribution >= 4 is 16.9 Å². The highest BCUT2D eigenvalue weighted by Crippen LogP contribution is 2.34. The largest absolute Gasteiger partial charge is 0.507 e. The number of rotatable bonds is 3. The first-order valence-electron chi connectivity index (χ1n) is 6.68. The van der Waals surface area contributed by atoms with E-state index in [-0.39, 0.29) is 11.3 Å². The molecule has 0 fully saturated rings. The second-order valence-corrected chi connectivity index (χ2v) is 4.89. The molecule has 116 valence electrons. The van der Waals surface area contributed by atoms with Crippen LogP contribution < -0.4 is 10.4 Å². The Morgan fingerprint density at radius 2 is 1.83 bits per heavy atom. The smallest absolute Gasteiger partial charge is 0.351 e. The van der Waals surface area contributed by atoms with Crippen molar-refractivity contribution < 1.29 is 24.2 Å². The second-order valence-electron chi connectivity index (χ2n) is 4.89. The second kappa shape index (κ2) is 5.49. The van der Waals surface area contributed by atoms with E-state index in [0.717, 1.165) is 0 Å². The van der Waals surface area contributed by atoms with Crippen LogP contribution in [0.25, 0.3) is 22.1 Å². The van der Waals surface area contributed by atoms with Crippen molar-refractivity contribution in [3.05, 3.63) is 58.4 Å². The first-order chi connectivity index (χ1) is 11.0. The monoisotopic (exact) mass is 312 g/mol. The highest BCUT2D eigenvalue weighted by Gasteiger charge is 2.14. The molecule has 2 N–H and O–H groups in total. The van der Waals surface area contributed by atoms with Crippen LogP contribution in [0.2, 0.25) is 0 Å². The van der Waals surface area contributed by atoms with Crippen molar-refractivity contribution in [1.29, 1.82) is 0 Å². The van der Waals surface area contributed by atoms with Gasteiger partial charge >= 0.3 is 11.6 Å². The predicted molar refractivity (Wildman–Crippen MR) is 83.1 cm³/mol. The first kappa shape index (κ1) is 14.6. The van der Waals surface area contributed by atoms with E-state index in [9.17, 15) is 14.7 Å². The van der Waals surface area contributed by atoms with Gasteiger partial charge in [-0.25, -0.2) is 9.59 Å². The Balaban J connectivity index is 2.21. The third kappa shape index (κ3) is 2.62. The molecule has 1 heterocycles. The lowest BCUT2D eigenvalue weighted by Crippen LogP contribution is -2.12. The van der Waals surface area contributed by atoms with Crippen LogP contribution >= 0.6 is 0 Å². The molecular weight excluding hydrogens is 300 g/mol. The van der Waals surface area contributed by atoms with Crippen molar-refractivity contribution in [3.63, 3.8) is 0 Å². The summed E-state index contributed by atoms with van der Waals surface area (Å²) in [5.74, 6) is -0.762. The Bertz CT molecular complexity index is 953. The average Bonchev–Trinajstić information content (AvgIpc) is 2.53. The van der Waals surface area contributed by atoms with Crippen LogP contribution in [0.3, 0.4) is 0 Å². The average molecular weight is 312 g/mol. The maximum Gasteiger partial charge on any atom is 0.351 e. The van der Waals surface area contributed by atoms with Crippen molar-refractivity contribution in [2.75, 3.05) is 7.11 Å². The van der Waals surface area contributed by atoms with Crippen LogP contribution in [0.1, 0.15) is 10.4 Å². The minimum absolute atomic E-state index is 0.0751. The molecule has 0 radical (unpaired) electrons. The molecule has 3 aromatic rings. The van der Waals surface area contributed by atoms with Gasteiger partial charge in [0.1, 0.15) is 22.6 Å². The molecule has 0 saturated heterocycles. The summed E-state index contributed by atoms with van der Waals surface area (Å²) in [6.45, 7) is 0. The summed E-state index contributed by atoms with van der Waals surface area (Å²) in [6, 6.07) is 11.1. The molecule has 2 aromatic carbocycles. The molecule has 0 atom stereocenters. The molecule has 0 spiro atoms. The van der Waals surface area contributed by atoms with Gasteiger partial charge in [-0.1, -0.05) is 12.1 Å². The topological polar surface area (TPSA) is 97.0 Å². The van der Waals surface area contributed by atoms with Crippen molar-refractivity contribution in [1.82, 2.24) is 0 Å². The van der Waals surface area contributed by atoms with Crippen LogP contribution in [0.5, 0.6) is 11.5 Å². The summed E-state index contributed by atoms with van der Waals surface area (Å²) in [6.07, 6.45) is 0. The number of carboxylic acids is 1. The maximum absolute atomic E-state index is 11.6. The van der Waals surface area contributed by atoms with Crippen molar-refractivity contribution in [2.45, 2.75) is 0 Å². The lowest BCUT2D eigenvalue weighted by molar-refractivity contribution is 0.0692. The van der Waals surface area contributed by atoms with Gasteiger partial charge in [0.2, 0.25) is 0 Å². The van der Waals surface area contributed by atoms with E-state index in [1.165, 1.54) is 12.1 Å². The molecule has 3 rings (SSSR count). The number of hydrogen-bond donors (Lipinski definition) is 2.